The molecule has 0 atom stereocenters. The molecular formula is C11H10BrNO. The minimum Gasteiger partial charge on any atom is -0.351 e. The molecule has 1 heterocycles. The van der Waals surface area contributed by atoms with Crippen LogP contribution in [0.2, 0.25) is 0 Å². The van der Waals surface area contributed by atoms with E-state index >= 15 is 0 Å². The minimum absolute atomic E-state index is 0.0486. The van der Waals surface area contributed by atoms with Gasteiger partial charge in [-0.15, -0.1) is 0 Å². The zero-order chi connectivity index (χ0) is 10.3. The first-order valence-corrected chi connectivity index (χ1v) is 5.18. The highest BCUT2D eigenvalue weighted by molar-refractivity contribution is 9.10. The molecule has 0 fully saturated rings. The molecule has 72 valence electrons. The van der Waals surface area contributed by atoms with Crippen molar-refractivity contribution >= 4 is 32.6 Å². The summed E-state index contributed by atoms with van der Waals surface area (Å²) in [6, 6.07) is 6.00. The van der Waals surface area contributed by atoms with Crippen LogP contribution in [0.25, 0.3) is 10.9 Å². The third-order valence-electron chi connectivity index (χ3n) is 2.33. The SMILES string of the molecule is CC(=O)c1[nH]c2c(C)cccc2c1Br. The van der Waals surface area contributed by atoms with Gasteiger partial charge in [0.15, 0.2) is 5.78 Å². The van der Waals surface area contributed by atoms with Crippen LogP contribution in [0.1, 0.15) is 23.0 Å². The van der Waals surface area contributed by atoms with E-state index in [-0.39, 0.29) is 5.78 Å². The average Bonchev–Trinajstić information content (AvgIpc) is 2.46. The van der Waals surface area contributed by atoms with Crippen LogP contribution in [-0.2, 0) is 0 Å². The van der Waals surface area contributed by atoms with E-state index in [0.29, 0.717) is 5.69 Å². The van der Waals surface area contributed by atoms with E-state index in [9.17, 15) is 4.79 Å². The van der Waals surface area contributed by atoms with E-state index in [1.54, 1.807) is 6.92 Å². The summed E-state index contributed by atoms with van der Waals surface area (Å²) in [5.41, 5.74) is 2.83. The van der Waals surface area contributed by atoms with Gasteiger partial charge < -0.3 is 4.98 Å². The molecule has 14 heavy (non-hydrogen) atoms. The third kappa shape index (κ3) is 1.28. The number of H-pyrrole nitrogens is 1. The highest BCUT2D eigenvalue weighted by Crippen LogP contribution is 2.29. The molecule has 1 N–H and O–H groups in total. The van der Waals surface area contributed by atoms with E-state index in [0.717, 1.165) is 20.9 Å². The number of Topliss-reactive ketones (excluding diaryl/α,β-unsaturated/α-hetero) is 1. The smallest absolute Gasteiger partial charge is 0.177 e. The molecule has 0 aliphatic rings. The number of carbonyl (C=O) groups excluding carboxylic acids is 1. The van der Waals surface area contributed by atoms with Crippen LogP contribution in [0.4, 0.5) is 0 Å². The molecule has 0 aliphatic carbocycles. The Balaban J connectivity index is 2.86. The number of hydrogen-bond donors (Lipinski definition) is 1. The number of aryl methyl sites for hydroxylation is 1. The second-order valence-electron chi connectivity index (χ2n) is 3.37. The molecule has 0 spiro atoms. The van der Waals surface area contributed by atoms with Crippen LogP contribution in [0.3, 0.4) is 0 Å². The lowest BCUT2D eigenvalue weighted by molar-refractivity contribution is 0.101. The van der Waals surface area contributed by atoms with Crippen LogP contribution in [0.15, 0.2) is 22.7 Å². The van der Waals surface area contributed by atoms with Gasteiger partial charge in [-0.3, -0.25) is 4.79 Å². The number of aromatic amines is 1. The lowest BCUT2D eigenvalue weighted by Gasteiger charge is -1.93. The summed E-state index contributed by atoms with van der Waals surface area (Å²) in [7, 11) is 0. The number of hydrogen-bond acceptors (Lipinski definition) is 1. The van der Waals surface area contributed by atoms with Crippen LogP contribution in [0, 0.1) is 6.92 Å². The summed E-state index contributed by atoms with van der Waals surface area (Å²) in [5.74, 6) is 0.0486. The van der Waals surface area contributed by atoms with Crippen molar-refractivity contribution in [3.05, 3.63) is 33.9 Å². The van der Waals surface area contributed by atoms with Gasteiger partial charge in [-0.05, 0) is 28.4 Å². The molecule has 0 bridgehead atoms. The first kappa shape index (κ1) is 9.46. The van der Waals surface area contributed by atoms with Crippen LogP contribution < -0.4 is 0 Å². The second-order valence-corrected chi connectivity index (χ2v) is 4.16. The predicted molar refractivity (Wildman–Crippen MR) is 60.7 cm³/mol. The molecular weight excluding hydrogens is 242 g/mol. The van der Waals surface area contributed by atoms with Gasteiger partial charge in [0.25, 0.3) is 0 Å². The van der Waals surface area contributed by atoms with Gasteiger partial charge in [-0.1, -0.05) is 18.2 Å². The summed E-state index contributed by atoms with van der Waals surface area (Å²) < 4.78 is 0.865. The standard InChI is InChI=1S/C11H10BrNO/c1-6-4-3-5-8-9(12)11(7(2)14)13-10(6)8/h3-5,13H,1-2H3. The highest BCUT2D eigenvalue weighted by Gasteiger charge is 2.12. The third-order valence-corrected chi connectivity index (χ3v) is 3.15. The van der Waals surface area contributed by atoms with Crippen molar-refractivity contribution in [3.63, 3.8) is 0 Å². The fourth-order valence-corrected chi connectivity index (χ4v) is 2.28. The minimum atomic E-state index is 0.0486. The van der Waals surface area contributed by atoms with Gasteiger partial charge in [0.05, 0.1) is 15.7 Å². The van der Waals surface area contributed by atoms with Crippen molar-refractivity contribution < 1.29 is 4.79 Å². The number of benzene rings is 1. The van der Waals surface area contributed by atoms with E-state index in [2.05, 4.69) is 20.9 Å². The molecule has 0 radical (unpaired) electrons. The Morgan fingerprint density at radius 2 is 2.14 bits per heavy atom. The van der Waals surface area contributed by atoms with Crippen molar-refractivity contribution in [3.8, 4) is 0 Å². The summed E-state index contributed by atoms with van der Waals surface area (Å²) in [6.45, 7) is 3.58. The topological polar surface area (TPSA) is 32.9 Å². The van der Waals surface area contributed by atoms with E-state index in [1.165, 1.54) is 0 Å². The molecule has 2 aromatic rings. The van der Waals surface area contributed by atoms with Gasteiger partial charge in [-0.2, -0.15) is 0 Å². The fourth-order valence-electron chi connectivity index (χ4n) is 1.57. The maximum atomic E-state index is 11.3. The van der Waals surface area contributed by atoms with Gasteiger partial charge in [0, 0.05) is 12.3 Å². The molecule has 0 amide bonds. The van der Waals surface area contributed by atoms with Crippen molar-refractivity contribution in [2.75, 3.05) is 0 Å². The molecule has 3 heteroatoms. The van der Waals surface area contributed by atoms with Crippen molar-refractivity contribution in [2.24, 2.45) is 0 Å². The summed E-state index contributed by atoms with van der Waals surface area (Å²) in [6.07, 6.45) is 0. The van der Waals surface area contributed by atoms with E-state index in [1.807, 2.05) is 25.1 Å². The van der Waals surface area contributed by atoms with Crippen molar-refractivity contribution in [2.45, 2.75) is 13.8 Å². The molecule has 0 unspecified atom stereocenters. The van der Waals surface area contributed by atoms with Crippen LogP contribution in [0.5, 0.6) is 0 Å². The molecule has 0 saturated heterocycles. The number of para-hydroxylation sites is 1. The second kappa shape index (κ2) is 3.24. The van der Waals surface area contributed by atoms with Gasteiger partial charge in [-0.25, -0.2) is 0 Å². The van der Waals surface area contributed by atoms with E-state index in [4.69, 9.17) is 0 Å². The number of nitrogens with one attached hydrogen (secondary N) is 1. The lowest BCUT2D eigenvalue weighted by Crippen LogP contribution is -1.92. The normalized spacial score (nSPS) is 10.8. The quantitative estimate of drug-likeness (QED) is 0.775. The van der Waals surface area contributed by atoms with Gasteiger partial charge >= 0.3 is 0 Å². The Hall–Kier alpha value is -1.09. The largest absolute Gasteiger partial charge is 0.351 e. The van der Waals surface area contributed by atoms with Gasteiger partial charge in [0.2, 0.25) is 0 Å². The van der Waals surface area contributed by atoms with Crippen molar-refractivity contribution in [1.82, 2.24) is 4.98 Å². The predicted octanol–water partition coefficient (Wildman–Crippen LogP) is 3.44. The van der Waals surface area contributed by atoms with Crippen molar-refractivity contribution in [1.29, 1.82) is 0 Å². The van der Waals surface area contributed by atoms with Crippen LogP contribution >= 0.6 is 15.9 Å². The maximum Gasteiger partial charge on any atom is 0.177 e. The Morgan fingerprint density at radius 1 is 1.43 bits per heavy atom. The molecule has 0 aliphatic heterocycles. The van der Waals surface area contributed by atoms with E-state index < -0.39 is 0 Å². The molecule has 2 nitrogen and oxygen atoms in total. The number of carbonyl (C=O) groups is 1. The number of ketones is 1. The lowest BCUT2D eigenvalue weighted by atomic mass is 10.2. The summed E-state index contributed by atoms with van der Waals surface area (Å²) in [5, 5.41) is 1.07. The molecule has 2 rings (SSSR count). The zero-order valence-electron chi connectivity index (χ0n) is 8.02. The molecule has 0 saturated carbocycles. The number of aromatic nitrogens is 1. The highest BCUT2D eigenvalue weighted by atomic mass is 79.9. The molecule has 1 aromatic carbocycles. The van der Waals surface area contributed by atoms with Gasteiger partial charge in [0.1, 0.15) is 0 Å². The number of fused-ring (bicyclic) bond motifs is 1. The first-order chi connectivity index (χ1) is 6.61. The number of halogens is 1. The maximum absolute atomic E-state index is 11.3. The monoisotopic (exact) mass is 251 g/mol. The number of rotatable bonds is 1. The Labute approximate surface area is 90.4 Å². The van der Waals surface area contributed by atoms with Crippen LogP contribution in [-0.4, -0.2) is 10.8 Å². The molecule has 1 aromatic heterocycles. The summed E-state index contributed by atoms with van der Waals surface area (Å²) in [4.78, 5) is 14.4. The first-order valence-electron chi connectivity index (χ1n) is 4.39. The Morgan fingerprint density at radius 3 is 2.71 bits per heavy atom. The fraction of sp³-hybridized carbons (Fsp3) is 0.182. The Kier molecular flexibility index (Phi) is 2.19. The zero-order valence-corrected chi connectivity index (χ0v) is 9.60. The Bertz CT molecular complexity index is 513. The summed E-state index contributed by atoms with van der Waals surface area (Å²) >= 11 is 3.43. The average molecular weight is 252 g/mol.